The molecule has 1 radical (unpaired) electrons. The third-order valence-electron chi connectivity index (χ3n) is 2.56. The Morgan fingerprint density at radius 2 is 1.90 bits per heavy atom. The van der Waals surface area contributed by atoms with Crippen LogP contribution in [0.25, 0.3) is 0 Å². The zero-order valence-electron chi connectivity index (χ0n) is 10.8. The van der Waals surface area contributed by atoms with Gasteiger partial charge in [-0.05, 0) is 0 Å². The van der Waals surface area contributed by atoms with Gasteiger partial charge in [-0.3, -0.25) is 4.57 Å². The Labute approximate surface area is 166 Å². The summed E-state index contributed by atoms with van der Waals surface area (Å²) in [5, 5.41) is -0.201. The van der Waals surface area contributed by atoms with E-state index in [0.29, 0.717) is 6.20 Å². The van der Waals surface area contributed by atoms with Gasteiger partial charge in [-0.1, -0.05) is 41.9 Å². The molecule has 2 atom stereocenters. The van der Waals surface area contributed by atoms with Crippen LogP contribution in [0.1, 0.15) is 0 Å². The van der Waals surface area contributed by atoms with E-state index in [1.165, 1.54) is 24.3 Å². The molecule has 10 heteroatoms. The van der Waals surface area contributed by atoms with E-state index in [4.69, 9.17) is 11.6 Å². The molecule has 0 aliphatic heterocycles. The summed E-state index contributed by atoms with van der Waals surface area (Å²) in [5.41, 5.74) is -4.02. The first-order valence-corrected chi connectivity index (χ1v) is 7.41. The predicted octanol–water partition coefficient (Wildman–Crippen LogP) is 1.18. The average Bonchev–Trinajstić information content (AvgIpc) is 2.90. The molecule has 0 fully saturated rings. The molecule has 0 aliphatic rings. The standard InChI is InChI=1S/C11H9ClF3N2O2P.K/c12-9(13)11(14,15)17-7-6-16-10(17)20(18,19)8-4-2-1-3-5-8;/h1-7,9H,(H,18,19);/p-1. The Balaban J connectivity index is 0.00000220. The fraction of sp³-hybridized carbons (Fsp3) is 0.182. The SMILES string of the molecule is O=P([O-])(c1ccccc1)c1nccn1C(F)(F)C(F)Cl.[K]. The van der Waals surface area contributed by atoms with E-state index in [1.807, 2.05) is 0 Å². The van der Waals surface area contributed by atoms with Gasteiger partial charge in [-0.15, -0.1) is 0 Å². The molecule has 21 heavy (non-hydrogen) atoms. The van der Waals surface area contributed by atoms with E-state index < -0.39 is 24.6 Å². The van der Waals surface area contributed by atoms with Crippen LogP contribution in [-0.4, -0.2) is 66.6 Å². The normalized spacial score (nSPS) is 15.9. The molecule has 0 saturated carbocycles. The summed E-state index contributed by atoms with van der Waals surface area (Å²) in [4.78, 5) is 15.6. The van der Waals surface area contributed by atoms with E-state index in [1.54, 1.807) is 6.07 Å². The van der Waals surface area contributed by atoms with Gasteiger partial charge in [0, 0.05) is 69.1 Å². The van der Waals surface area contributed by atoms with Gasteiger partial charge in [0.2, 0.25) is 0 Å². The Bertz CT molecular complexity index is 654. The monoisotopic (exact) mass is 362 g/mol. The second-order valence-electron chi connectivity index (χ2n) is 3.87. The van der Waals surface area contributed by atoms with Crippen LogP contribution in [-0.2, 0) is 10.6 Å². The van der Waals surface area contributed by atoms with Gasteiger partial charge < -0.3 is 9.46 Å². The van der Waals surface area contributed by atoms with Gasteiger partial charge in [-0.25, -0.2) is 9.37 Å². The first-order valence-electron chi connectivity index (χ1n) is 5.35. The van der Waals surface area contributed by atoms with Crippen molar-refractivity contribution in [2.24, 2.45) is 0 Å². The summed E-state index contributed by atoms with van der Waals surface area (Å²) in [7, 11) is -4.63. The number of aromatic nitrogens is 2. The molecule has 0 aliphatic carbocycles. The van der Waals surface area contributed by atoms with Crippen LogP contribution < -0.4 is 15.8 Å². The zero-order chi connectivity index (χ0) is 15.0. The molecule has 0 N–H and O–H groups in total. The van der Waals surface area contributed by atoms with Crippen molar-refractivity contribution in [3.8, 4) is 0 Å². The molecular formula is C11H8ClF3KN2O2P-. The van der Waals surface area contributed by atoms with Crippen molar-refractivity contribution < 1.29 is 22.6 Å². The number of nitrogens with zero attached hydrogens (tertiary/aromatic N) is 2. The molecule has 0 saturated heterocycles. The minimum Gasteiger partial charge on any atom is -0.790 e. The number of alkyl halides is 4. The van der Waals surface area contributed by atoms with Gasteiger partial charge in [0.1, 0.15) is 7.37 Å². The van der Waals surface area contributed by atoms with Crippen LogP contribution in [0.4, 0.5) is 13.2 Å². The van der Waals surface area contributed by atoms with Crippen molar-refractivity contribution in [3.05, 3.63) is 42.7 Å². The Hall–Kier alpha value is 0.336. The molecule has 109 valence electrons. The first kappa shape index (κ1) is 19.4. The van der Waals surface area contributed by atoms with Crippen LogP contribution in [0.5, 0.6) is 0 Å². The first-order chi connectivity index (χ1) is 9.28. The largest absolute Gasteiger partial charge is 0.790 e. The average molecular weight is 363 g/mol. The number of hydrogen-bond donors (Lipinski definition) is 0. The summed E-state index contributed by atoms with van der Waals surface area (Å²) >= 11 is 4.77. The minimum absolute atomic E-state index is 0. The molecule has 4 nitrogen and oxygen atoms in total. The van der Waals surface area contributed by atoms with Crippen LogP contribution in [0.15, 0.2) is 42.7 Å². The molecule has 1 heterocycles. The van der Waals surface area contributed by atoms with Gasteiger partial charge in [0.25, 0.3) is 5.63 Å². The summed E-state index contributed by atoms with van der Waals surface area (Å²) in [6, 6.07) is 2.69. The fourth-order valence-corrected chi connectivity index (χ4v) is 3.19. The Kier molecular flexibility index (Phi) is 6.71. The van der Waals surface area contributed by atoms with Crippen LogP contribution in [0.3, 0.4) is 0 Å². The van der Waals surface area contributed by atoms with Crippen molar-refractivity contribution in [2.75, 3.05) is 0 Å². The second kappa shape index (κ2) is 7.27. The molecule has 0 spiro atoms. The Morgan fingerprint density at radius 1 is 1.33 bits per heavy atom. The number of rotatable bonds is 4. The maximum Gasteiger partial charge on any atom is 0.375 e. The molecule has 0 bridgehead atoms. The van der Waals surface area contributed by atoms with E-state index in [-0.39, 0.29) is 61.3 Å². The van der Waals surface area contributed by atoms with Crippen molar-refractivity contribution >= 4 is 81.2 Å². The van der Waals surface area contributed by atoms with Crippen LogP contribution >= 0.6 is 19.0 Å². The van der Waals surface area contributed by atoms with Gasteiger partial charge >= 0.3 is 6.05 Å². The van der Waals surface area contributed by atoms with E-state index in [2.05, 4.69) is 4.98 Å². The molecule has 2 unspecified atom stereocenters. The van der Waals surface area contributed by atoms with Crippen molar-refractivity contribution in [1.82, 2.24) is 9.55 Å². The number of hydrogen-bond acceptors (Lipinski definition) is 3. The number of imidazole rings is 1. The van der Waals surface area contributed by atoms with Crippen molar-refractivity contribution in [1.29, 1.82) is 0 Å². The third kappa shape index (κ3) is 3.81. The summed E-state index contributed by atoms with van der Waals surface area (Å²) in [6.07, 6.45) is 1.51. The van der Waals surface area contributed by atoms with E-state index in [9.17, 15) is 22.6 Å². The zero-order valence-corrected chi connectivity index (χ0v) is 15.6. The number of halogens is 4. The van der Waals surface area contributed by atoms with E-state index in [0.717, 1.165) is 6.20 Å². The molecule has 0 amide bonds. The summed E-state index contributed by atoms with van der Waals surface area (Å²) < 4.78 is 52.1. The minimum atomic E-state index is -4.63. The van der Waals surface area contributed by atoms with Gasteiger partial charge in [0.05, 0.1) is 0 Å². The molecule has 2 aromatic rings. The topological polar surface area (TPSA) is 57.9 Å². The van der Waals surface area contributed by atoms with Crippen LogP contribution in [0.2, 0.25) is 0 Å². The Morgan fingerprint density at radius 3 is 2.43 bits per heavy atom. The molecular weight excluding hydrogens is 355 g/mol. The predicted molar refractivity (Wildman–Crippen MR) is 72.2 cm³/mol. The summed E-state index contributed by atoms with van der Waals surface area (Å²) in [5.74, 6) is 0. The smallest absolute Gasteiger partial charge is 0.375 e. The second-order valence-corrected chi connectivity index (χ2v) is 6.28. The summed E-state index contributed by atoms with van der Waals surface area (Å²) in [6.45, 7) is 0. The maximum absolute atomic E-state index is 13.6. The van der Waals surface area contributed by atoms with Gasteiger partial charge in [0.15, 0.2) is 5.57 Å². The van der Waals surface area contributed by atoms with E-state index >= 15 is 0 Å². The van der Waals surface area contributed by atoms with Gasteiger partial charge in [-0.2, -0.15) is 8.78 Å². The molecule has 1 aromatic carbocycles. The third-order valence-corrected chi connectivity index (χ3v) is 4.66. The van der Waals surface area contributed by atoms with Crippen molar-refractivity contribution in [3.63, 3.8) is 0 Å². The van der Waals surface area contributed by atoms with Crippen LogP contribution in [0, 0.1) is 0 Å². The van der Waals surface area contributed by atoms with Crippen molar-refractivity contribution in [2.45, 2.75) is 11.7 Å². The quantitative estimate of drug-likeness (QED) is 0.466. The number of benzene rings is 1. The maximum atomic E-state index is 13.6. The molecule has 1 aromatic heterocycles. The fourth-order valence-electron chi connectivity index (χ4n) is 1.59. The molecule has 2 rings (SSSR count).